The fourth-order valence-corrected chi connectivity index (χ4v) is 1.45. The molecule has 1 nitrogen and oxygen atoms in total. The number of hydrogen-bond donors (Lipinski definition) is 1. The number of hydrogen-bond acceptors (Lipinski definition) is 1. The summed E-state index contributed by atoms with van der Waals surface area (Å²) in [7, 11) is 0. The molecule has 0 atom stereocenters. The molecule has 66 valence electrons. The molecule has 0 radical (unpaired) electrons. The van der Waals surface area contributed by atoms with Crippen molar-refractivity contribution in [1.29, 1.82) is 0 Å². The van der Waals surface area contributed by atoms with Crippen molar-refractivity contribution in [3.8, 4) is 18.1 Å². The molecular formula is C11H9FO. The largest absolute Gasteiger partial charge is 0.505 e. The van der Waals surface area contributed by atoms with E-state index in [1.165, 1.54) is 12.1 Å². The molecule has 0 saturated heterocycles. The summed E-state index contributed by atoms with van der Waals surface area (Å²) in [6.07, 6.45) is 7.17. The number of terminal acetylenes is 1. The predicted octanol–water partition coefficient (Wildman–Crippen LogP) is 2.20. The van der Waals surface area contributed by atoms with Crippen molar-refractivity contribution >= 4 is 0 Å². The van der Waals surface area contributed by atoms with E-state index in [2.05, 4.69) is 5.92 Å². The molecule has 2 rings (SSSR count). The Morgan fingerprint density at radius 3 is 2.62 bits per heavy atom. The van der Waals surface area contributed by atoms with E-state index in [1.54, 1.807) is 6.07 Å². The second-order valence-corrected chi connectivity index (χ2v) is 3.39. The summed E-state index contributed by atoms with van der Waals surface area (Å²) >= 11 is 0. The highest BCUT2D eigenvalue weighted by molar-refractivity contribution is 5.43. The van der Waals surface area contributed by atoms with Crippen LogP contribution in [-0.4, -0.2) is 5.11 Å². The summed E-state index contributed by atoms with van der Waals surface area (Å²) in [6.45, 7) is 0. The number of phenolic OH excluding ortho intramolecular Hbond substituents is 1. The summed E-state index contributed by atoms with van der Waals surface area (Å²) in [6, 6.07) is 4.36. The van der Waals surface area contributed by atoms with E-state index in [4.69, 9.17) is 11.5 Å². The van der Waals surface area contributed by atoms with Crippen LogP contribution < -0.4 is 0 Å². The van der Waals surface area contributed by atoms with Crippen molar-refractivity contribution in [2.24, 2.45) is 0 Å². The van der Waals surface area contributed by atoms with Gasteiger partial charge >= 0.3 is 0 Å². The zero-order chi connectivity index (χ0) is 9.47. The molecule has 0 aliphatic heterocycles. The molecular weight excluding hydrogens is 167 g/mol. The average molecular weight is 176 g/mol. The maximum Gasteiger partial charge on any atom is 0.165 e. The molecule has 0 aromatic heterocycles. The van der Waals surface area contributed by atoms with Crippen molar-refractivity contribution in [3.63, 3.8) is 0 Å². The average Bonchev–Trinajstić information content (AvgIpc) is 2.90. The number of benzene rings is 1. The third-order valence-corrected chi connectivity index (χ3v) is 2.53. The maximum atomic E-state index is 13.0. The molecule has 1 aromatic rings. The van der Waals surface area contributed by atoms with E-state index in [0.717, 1.165) is 18.4 Å². The lowest BCUT2D eigenvalue weighted by molar-refractivity contribution is 0.431. The first-order valence-electron chi connectivity index (χ1n) is 4.15. The first-order valence-corrected chi connectivity index (χ1v) is 4.15. The summed E-state index contributed by atoms with van der Waals surface area (Å²) in [5.74, 6) is 1.75. The van der Waals surface area contributed by atoms with Crippen molar-refractivity contribution < 1.29 is 9.50 Å². The first kappa shape index (κ1) is 8.12. The van der Waals surface area contributed by atoms with E-state index in [1.807, 2.05) is 0 Å². The Morgan fingerprint density at radius 1 is 1.46 bits per heavy atom. The van der Waals surface area contributed by atoms with Gasteiger partial charge in [0.05, 0.1) is 5.41 Å². The third-order valence-electron chi connectivity index (χ3n) is 2.53. The molecule has 1 fully saturated rings. The van der Waals surface area contributed by atoms with Gasteiger partial charge < -0.3 is 5.11 Å². The van der Waals surface area contributed by atoms with E-state index in [-0.39, 0.29) is 11.2 Å². The quantitative estimate of drug-likeness (QED) is 0.650. The number of aromatic hydroxyl groups is 1. The van der Waals surface area contributed by atoms with Crippen LogP contribution in [0.3, 0.4) is 0 Å². The Morgan fingerprint density at radius 2 is 2.15 bits per heavy atom. The van der Waals surface area contributed by atoms with Crippen LogP contribution in [0.2, 0.25) is 0 Å². The second-order valence-electron chi connectivity index (χ2n) is 3.39. The minimum absolute atomic E-state index is 0.255. The summed E-state index contributed by atoms with van der Waals surface area (Å²) in [5.41, 5.74) is 0.541. The molecule has 1 aliphatic rings. The summed E-state index contributed by atoms with van der Waals surface area (Å²) in [4.78, 5) is 0. The smallest absolute Gasteiger partial charge is 0.165 e. The molecule has 0 heterocycles. The normalized spacial score (nSPS) is 17.8. The molecule has 1 aliphatic carbocycles. The molecule has 2 heteroatoms. The SMILES string of the molecule is C#CC1(c2ccc(O)c(F)c2)CC1. The lowest BCUT2D eigenvalue weighted by Crippen LogP contribution is -2.02. The molecule has 0 spiro atoms. The van der Waals surface area contributed by atoms with Crippen LogP contribution in [0.4, 0.5) is 4.39 Å². The van der Waals surface area contributed by atoms with Gasteiger partial charge in [0.15, 0.2) is 11.6 Å². The van der Waals surface area contributed by atoms with Gasteiger partial charge in [0, 0.05) is 0 Å². The Balaban J connectivity index is 2.44. The van der Waals surface area contributed by atoms with Crippen LogP contribution in [0.1, 0.15) is 18.4 Å². The van der Waals surface area contributed by atoms with Crippen molar-refractivity contribution in [1.82, 2.24) is 0 Å². The van der Waals surface area contributed by atoms with Crippen LogP contribution in [0.5, 0.6) is 5.75 Å². The van der Waals surface area contributed by atoms with E-state index < -0.39 is 5.82 Å². The lowest BCUT2D eigenvalue weighted by atomic mass is 9.97. The summed E-state index contributed by atoms with van der Waals surface area (Å²) < 4.78 is 13.0. The maximum absolute atomic E-state index is 13.0. The van der Waals surface area contributed by atoms with Gasteiger partial charge in [-0.2, -0.15) is 0 Å². The van der Waals surface area contributed by atoms with Gasteiger partial charge in [-0.15, -0.1) is 6.42 Å². The molecule has 0 bridgehead atoms. The molecule has 1 aromatic carbocycles. The predicted molar refractivity (Wildman–Crippen MR) is 47.8 cm³/mol. The lowest BCUT2D eigenvalue weighted by Gasteiger charge is -2.07. The van der Waals surface area contributed by atoms with Crippen molar-refractivity contribution in [2.75, 3.05) is 0 Å². The minimum Gasteiger partial charge on any atom is -0.505 e. The number of halogens is 1. The zero-order valence-electron chi connectivity index (χ0n) is 7.05. The Bertz CT molecular complexity index is 386. The minimum atomic E-state index is -0.598. The van der Waals surface area contributed by atoms with Gasteiger partial charge in [-0.05, 0) is 30.5 Å². The third kappa shape index (κ3) is 1.17. The van der Waals surface area contributed by atoms with E-state index >= 15 is 0 Å². The first-order chi connectivity index (χ1) is 6.18. The van der Waals surface area contributed by atoms with Crippen LogP contribution >= 0.6 is 0 Å². The molecule has 13 heavy (non-hydrogen) atoms. The Kier molecular flexibility index (Phi) is 1.56. The van der Waals surface area contributed by atoms with Crippen LogP contribution in [0.15, 0.2) is 18.2 Å². The highest BCUT2D eigenvalue weighted by Gasteiger charge is 2.42. The highest BCUT2D eigenvalue weighted by atomic mass is 19.1. The standard InChI is InChI=1S/C11H9FO/c1-2-11(5-6-11)8-3-4-10(13)9(12)7-8/h1,3-4,7,13H,5-6H2. The van der Waals surface area contributed by atoms with Gasteiger partial charge in [0.1, 0.15) is 0 Å². The van der Waals surface area contributed by atoms with Crippen molar-refractivity contribution in [3.05, 3.63) is 29.6 Å². The van der Waals surface area contributed by atoms with Gasteiger partial charge in [0.25, 0.3) is 0 Å². The molecule has 0 amide bonds. The molecule has 1 N–H and O–H groups in total. The van der Waals surface area contributed by atoms with E-state index in [0.29, 0.717) is 0 Å². The topological polar surface area (TPSA) is 20.2 Å². The summed E-state index contributed by atoms with van der Waals surface area (Å²) in [5, 5.41) is 8.98. The van der Waals surface area contributed by atoms with Crippen LogP contribution in [-0.2, 0) is 5.41 Å². The van der Waals surface area contributed by atoms with E-state index in [9.17, 15) is 4.39 Å². The van der Waals surface area contributed by atoms with Crippen LogP contribution in [0, 0.1) is 18.2 Å². The number of rotatable bonds is 1. The molecule has 1 saturated carbocycles. The van der Waals surface area contributed by atoms with Gasteiger partial charge in [0.2, 0.25) is 0 Å². The van der Waals surface area contributed by atoms with Gasteiger partial charge in [-0.25, -0.2) is 4.39 Å². The fraction of sp³-hybridized carbons (Fsp3) is 0.273. The monoisotopic (exact) mass is 176 g/mol. The Labute approximate surface area is 76.2 Å². The van der Waals surface area contributed by atoms with Crippen LogP contribution in [0.25, 0.3) is 0 Å². The second kappa shape index (κ2) is 2.50. The van der Waals surface area contributed by atoms with Gasteiger partial charge in [-0.3, -0.25) is 0 Å². The Hall–Kier alpha value is -1.49. The zero-order valence-corrected chi connectivity index (χ0v) is 7.05. The fourth-order valence-electron chi connectivity index (χ4n) is 1.45. The van der Waals surface area contributed by atoms with Crippen molar-refractivity contribution in [2.45, 2.75) is 18.3 Å². The van der Waals surface area contributed by atoms with Gasteiger partial charge in [-0.1, -0.05) is 12.0 Å². The molecule has 0 unspecified atom stereocenters. The highest BCUT2D eigenvalue weighted by Crippen LogP contribution is 2.47. The number of phenols is 1.